The molecule has 110 valence electrons. The Morgan fingerprint density at radius 2 is 2.10 bits per heavy atom. The molecule has 7 heteroatoms. The summed E-state index contributed by atoms with van der Waals surface area (Å²) in [7, 11) is 1.48. The van der Waals surface area contributed by atoms with Crippen LogP contribution in [-0.2, 0) is 20.3 Å². The molecule has 0 aliphatic rings. The van der Waals surface area contributed by atoms with Gasteiger partial charge in [-0.2, -0.15) is 0 Å². The third-order valence-electron chi connectivity index (χ3n) is 2.89. The molecule has 0 bridgehead atoms. The first-order valence-corrected chi connectivity index (χ1v) is 8.55. The van der Waals surface area contributed by atoms with Crippen molar-refractivity contribution in [2.45, 2.75) is 24.8 Å². The van der Waals surface area contributed by atoms with Crippen LogP contribution in [0.2, 0.25) is 0 Å². The standard InChI is InChI=1S/C13H15ClFNO3S/c1-2-6-19-7-5-16-9-13(20(14,17)18)11-8-10(15)3-4-12(11)16/h3-4,8-9H,2,5-7H2,1H3. The van der Waals surface area contributed by atoms with E-state index >= 15 is 0 Å². The van der Waals surface area contributed by atoms with Crippen LogP contribution in [0.5, 0.6) is 0 Å². The van der Waals surface area contributed by atoms with Gasteiger partial charge in [0.2, 0.25) is 0 Å². The Labute approximate surface area is 121 Å². The molecule has 0 N–H and O–H groups in total. The summed E-state index contributed by atoms with van der Waals surface area (Å²) in [5.74, 6) is -0.501. The van der Waals surface area contributed by atoms with Crippen molar-refractivity contribution in [3.05, 3.63) is 30.2 Å². The Balaban J connectivity index is 2.40. The van der Waals surface area contributed by atoms with Crippen molar-refractivity contribution in [1.82, 2.24) is 4.57 Å². The normalized spacial score (nSPS) is 12.2. The summed E-state index contributed by atoms with van der Waals surface area (Å²) in [6, 6.07) is 4.00. The number of hydrogen-bond acceptors (Lipinski definition) is 3. The molecule has 0 atom stereocenters. The van der Waals surface area contributed by atoms with E-state index in [4.69, 9.17) is 15.4 Å². The highest BCUT2D eigenvalue weighted by Gasteiger charge is 2.19. The fraction of sp³-hybridized carbons (Fsp3) is 0.385. The van der Waals surface area contributed by atoms with Gasteiger partial charge in [-0.3, -0.25) is 0 Å². The summed E-state index contributed by atoms with van der Waals surface area (Å²) in [5.41, 5.74) is 0.616. The lowest BCUT2D eigenvalue weighted by atomic mass is 10.2. The molecular weight excluding hydrogens is 305 g/mol. The Kier molecular flexibility index (Phi) is 4.67. The van der Waals surface area contributed by atoms with Gasteiger partial charge in [0.15, 0.2) is 0 Å². The van der Waals surface area contributed by atoms with E-state index in [1.54, 1.807) is 4.57 Å². The van der Waals surface area contributed by atoms with Crippen LogP contribution >= 0.6 is 10.7 Å². The number of hydrogen-bond donors (Lipinski definition) is 0. The maximum absolute atomic E-state index is 13.3. The minimum Gasteiger partial charge on any atom is -0.380 e. The molecule has 0 radical (unpaired) electrons. The van der Waals surface area contributed by atoms with E-state index in [0.29, 0.717) is 25.3 Å². The van der Waals surface area contributed by atoms with E-state index in [9.17, 15) is 12.8 Å². The summed E-state index contributed by atoms with van der Waals surface area (Å²) in [6.45, 7) is 3.59. The van der Waals surface area contributed by atoms with Crippen LogP contribution in [0.4, 0.5) is 4.39 Å². The molecule has 1 aromatic carbocycles. The molecule has 0 spiro atoms. The number of benzene rings is 1. The Hall–Kier alpha value is -1.11. The second kappa shape index (κ2) is 6.11. The van der Waals surface area contributed by atoms with Crippen LogP contribution in [0.3, 0.4) is 0 Å². The van der Waals surface area contributed by atoms with Gasteiger partial charge < -0.3 is 9.30 Å². The number of aromatic nitrogens is 1. The molecular formula is C13H15ClFNO3S. The van der Waals surface area contributed by atoms with Gasteiger partial charge in [-0.05, 0) is 24.6 Å². The molecule has 2 aromatic rings. The summed E-state index contributed by atoms with van der Waals surface area (Å²) in [4.78, 5) is -0.0795. The molecule has 0 fully saturated rings. The first-order valence-electron chi connectivity index (χ1n) is 6.24. The van der Waals surface area contributed by atoms with Crippen molar-refractivity contribution in [2.24, 2.45) is 0 Å². The van der Waals surface area contributed by atoms with Crippen LogP contribution in [0, 0.1) is 5.82 Å². The largest absolute Gasteiger partial charge is 0.380 e. The van der Waals surface area contributed by atoms with Gasteiger partial charge in [0.25, 0.3) is 9.05 Å². The highest BCUT2D eigenvalue weighted by molar-refractivity contribution is 8.14. The van der Waals surface area contributed by atoms with Gasteiger partial charge in [0.1, 0.15) is 10.7 Å². The Bertz CT molecular complexity index is 712. The number of fused-ring (bicyclic) bond motifs is 1. The molecule has 0 amide bonds. The smallest absolute Gasteiger partial charge is 0.263 e. The van der Waals surface area contributed by atoms with Gasteiger partial charge >= 0.3 is 0 Å². The molecule has 0 aliphatic carbocycles. The third-order valence-corrected chi connectivity index (χ3v) is 4.24. The first-order chi connectivity index (χ1) is 9.43. The van der Waals surface area contributed by atoms with Gasteiger partial charge in [-0.1, -0.05) is 6.92 Å². The molecule has 1 heterocycles. The lowest BCUT2D eigenvalue weighted by molar-refractivity contribution is 0.127. The van der Waals surface area contributed by atoms with Crippen molar-refractivity contribution in [3.8, 4) is 0 Å². The fourth-order valence-corrected chi connectivity index (χ4v) is 3.07. The summed E-state index contributed by atoms with van der Waals surface area (Å²) >= 11 is 0. The predicted molar refractivity (Wildman–Crippen MR) is 76.0 cm³/mol. The summed E-state index contributed by atoms with van der Waals surface area (Å²) in [6.07, 6.45) is 2.33. The van der Waals surface area contributed by atoms with Crippen molar-refractivity contribution in [3.63, 3.8) is 0 Å². The summed E-state index contributed by atoms with van der Waals surface area (Å²) in [5, 5.41) is 0.287. The molecule has 1 aromatic heterocycles. The van der Waals surface area contributed by atoms with E-state index < -0.39 is 14.9 Å². The monoisotopic (exact) mass is 319 g/mol. The molecule has 0 saturated heterocycles. The second-order valence-electron chi connectivity index (χ2n) is 4.40. The van der Waals surface area contributed by atoms with E-state index in [-0.39, 0.29) is 10.3 Å². The zero-order valence-corrected chi connectivity index (χ0v) is 12.5. The molecule has 0 aliphatic heterocycles. The first kappa shape index (κ1) is 15.3. The molecule has 0 saturated carbocycles. The van der Waals surface area contributed by atoms with Gasteiger partial charge in [0, 0.05) is 40.9 Å². The van der Waals surface area contributed by atoms with E-state index in [2.05, 4.69) is 0 Å². The number of halogens is 2. The average Bonchev–Trinajstić information content (AvgIpc) is 2.72. The zero-order chi connectivity index (χ0) is 14.8. The lowest BCUT2D eigenvalue weighted by Gasteiger charge is -2.05. The average molecular weight is 320 g/mol. The lowest BCUT2D eigenvalue weighted by Crippen LogP contribution is -2.05. The van der Waals surface area contributed by atoms with Crippen molar-refractivity contribution in [1.29, 1.82) is 0 Å². The fourth-order valence-electron chi connectivity index (χ4n) is 2.03. The van der Waals surface area contributed by atoms with E-state index in [0.717, 1.165) is 6.42 Å². The predicted octanol–water partition coefficient (Wildman–Crippen LogP) is 3.13. The molecule has 2 rings (SSSR count). The number of ether oxygens (including phenoxy) is 1. The van der Waals surface area contributed by atoms with Crippen LogP contribution in [0.25, 0.3) is 10.9 Å². The minimum absolute atomic E-state index is 0.0795. The van der Waals surface area contributed by atoms with E-state index in [1.165, 1.54) is 24.4 Å². The highest BCUT2D eigenvalue weighted by Crippen LogP contribution is 2.28. The topological polar surface area (TPSA) is 48.3 Å². The maximum Gasteiger partial charge on any atom is 0.263 e. The van der Waals surface area contributed by atoms with E-state index in [1.807, 2.05) is 6.92 Å². The van der Waals surface area contributed by atoms with Crippen LogP contribution < -0.4 is 0 Å². The van der Waals surface area contributed by atoms with Crippen molar-refractivity contribution >= 4 is 30.6 Å². The van der Waals surface area contributed by atoms with Crippen molar-refractivity contribution in [2.75, 3.05) is 13.2 Å². The van der Waals surface area contributed by atoms with Crippen LogP contribution in [0.15, 0.2) is 29.3 Å². The van der Waals surface area contributed by atoms with Gasteiger partial charge in [0.05, 0.1) is 6.61 Å². The summed E-state index contributed by atoms with van der Waals surface area (Å²) < 4.78 is 43.5. The molecule has 4 nitrogen and oxygen atoms in total. The number of nitrogens with zero attached hydrogens (tertiary/aromatic N) is 1. The van der Waals surface area contributed by atoms with Crippen LogP contribution in [-0.4, -0.2) is 26.2 Å². The maximum atomic E-state index is 13.3. The SMILES string of the molecule is CCCOCCn1cc(S(=O)(=O)Cl)c2cc(F)ccc21. The van der Waals surface area contributed by atoms with Crippen LogP contribution in [0.1, 0.15) is 13.3 Å². The van der Waals surface area contributed by atoms with Gasteiger partial charge in [-0.25, -0.2) is 12.8 Å². The Morgan fingerprint density at radius 3 is 2.75 bits per heavy atom. The molecule has 0 unspecified atom stereocenters. The zero-order valence-electron chi connectivity index (χ0n) is 11.0. The Morgan fingerprint density at radius 1 is 1.35 bits per heavy atom. The third kappa shape index (κ3) is 3.31. The van der Waals surface area contributed by atoms with Crippen molar-refractivity contribution < 1.29 is 17.5 Å². The number of rotatable bonds is 6. The second-order valence-corrected chi connectivity index (χ2v) is 6.93. The molecule has 20 heavy (non-hydrogen) atoms. The van der Waals surface area contributed by atoms with Gasteiger partial charge in [-0.15, -0.1) is 0 Å². The quantitative estimate of drug-likeness (QED) is 0.607. The minimum atomic E-state index is -3.92. The highest BCUT2D eigenvalue weighted by atomic mass is 35.7.